The summed E-state index contributed by atoms with van der Waals surface area (Å²) < 4.78 is 9.67. The fourth-order valence-corrected chi connectivity index (χ4v) is 6.55. The summed E-state index contributed by atoms with van der Waals surface area (Å²) in [6.07, 6.45) is 2.83. The van der Waals surface area contributed by atoms with Gasteiger partial charge in [-0.05, 0) is 37.4 Å². The normalized spacial score (nSPS) is 22.0. The monoisotopic (exact) mass is 487 g/mol. The van der Waals surface area contributed by atoms with Gasteiger partial charge in [-0.3, -0.25) is 0 Å². The summed E-state index contributed by atoms with van der Waals surface area (Å²) in [5.41, 5.74) is 5.71. The Balaban J connectivity index is 0.00000229. The maximum Gasteiger partial charge on any atom is 0.347 e. The zero-order chi connectivity index (χ0) is 23.1. The highest BCUT2D eigenvalue weighted by atomic mass is 35.5. The van der Waals surface area contributed by atoms with E-state index in [0.29, 0.717) is 23.0 Å². The first-order valence-electron chi connectivity index (χ1n) is 11.9. The number of aryl methyl sites for hydroxylation is 1. The molecule has 0 aliphatic carbocycles. The predicted octanol–water partition coefficient (Wildman–Crippen LogP) is 4.28. The Labute approximate surface area is 209 Å². The molecule has 0 amide bonds. The zero-order valence-electron chi connectivity index (χ0n) is 19.7. The van der Waals surface area contributed by atoms with E-state index in [-0.39, 0.29) is 12.4 Å². The molecule has 178 valence electrons. The summed E-state index contributed by atoms with van der Waals surface area (Å²) in [7, 11) is 4.14. The van der Waals surface area contributed by atoms with Crippen molar-refractivity contribution >= 4 is 57.3 Å². The van der Waals surface area contributed by atoms with Gasteiger partial charge in [0, 0.05) is 71.5 Å². The molecule has 0 N–H and O–H groups in total. The largest absolute Gasteiger partial charge is 0.386 e. The lowest BCUT2D eigenvalue weighted by Crippen LogP contribution is -2.28. The van der Waals surface area contributed by atoms with Gasteiger partial charge < -0.3 is 18.8 Å². The highest BCUT2D eigenvalue weighted by molar-refractivity contribution is 6.47. The number of aromatic nitrogens is 2. The van der Waals surface area contributed by atoms with Gasteiger partial charge in [0.25, 0.3) is 0 Å². The Morgan fingerprint density at radius 1 is 0.800 bits per heavy atom. The molecule has 1 saturated heterocycles. The number of ether oxygens (including phenoxy) is 1. The molecule has 0 saturated carbocycles. The minimum absolute atomic E-state index is 0. The van der Waals surface area contributed by atoms with Crippen LogP contribution in [0.15, 0.2) is 54.7 Å². The van der Waals surface area contributed by atoms with Crippen LogP contribution >= 0.6 is 12.4 Å². The fourth-order valence-electron chi connectivity index (χ4n) is 6.55. The van der Waals surface area contributed by atoms with Gasteiger partial charge in [0.1, 0.15) is 0 Å². The molecule has 7 heteroatoms. The number of rotatable bonds is 2. The summed E-state index contributed by atoms with van der Waals surface area (Å²) in [6.45, 7) is 3.09. The Kier molecular flexibility index (Phi) is 4.95. The molecule has 2 aromatic heterocycles. The quantitative estimate of drug-likeness (QED) is 0.313. The van der Waals surface area contributed by atoms with Gasteiger partial charge >= 0.3 is 11.9 Å². The van der Waals surface area contributed by atoms with Crippen LogP contribution in [0.2, 0.25) is 0 Å². The first-order valence-corrected chi connectivity index (χ1v) is 11.9. The van der Waals surface area contributed by atoms with Crippen molar-refractivity contribution in [1.82, 2.24) is 14.0 Å². The third kappa shape index (κ3) is 3.06. The predicted molar refractivity (Wildman–Crippen MR) is 138 cm³/mol. The molecule has 1 fully saturated rings. The standard InChI is InChI=1S/C28H25N3O3.ClH/c1-29-12-16-11-23-24(19-8-4-6-10-22(19)31(23)14-17(16)13-29)26-25(27(32)34-28(26)33)20-15-30(2)21-9-5-3-7-18(20)21;/h3-10,15-17H,11-14H2,1-2H3;1H/t16-,17+;/m1./s1. The van der Waals surface area contributed by atoms with Crippen LogP contribution in [0.3, 0.4) is 0 Å². The summed E-state index contributed by atoms with van der Waals surface area (Å²) in [5, 5.41) is 1.96. The van der Waals surface area contributed by atoms with E-state index in [1.807, 2.05) is 54.2 Å². The highest BCUT2D eigenvalue weighted by Crippen LogP contribution is 2.45. The van der Waals surface area contributed by atoms with Crippen LogP contribution in [0.25, 0.3) is 33.0 Å². The third-order valence-electron chi connectivity index (χ3n) is 7.97. The smallest absolute Gasteiger partial charge is 0.347 e. The molecule has 3 aliphatic heterocycles. The van der Waals surface area contributed by atoms with Gasteiger partial charge in [0.05, 0.1) is 11.1 Å². The molecule has 2 aromatic carbocycles. The minimum atomic E-state index is -0.560. The second kappa shape index (κ2) is 7.83. The summed E-state index contributed by atoms with van der Waals surface area (Å²) >= 11 is 0. The van der Waals surface area contributed by atoms with E-state index in [2.05, 4.69) is 28.6 Å². The second-order valence-electron chi connectivity index (χ2n) is 9.99. The van der Waals surface area contributed by atoms with Crippen LogP contribution in [0.4, 0.5) is 0 Å². The number of para-hydroxylation sites is 2. The van der Waals surface area contributed by atoms with Crippen molar-refractivity contribution in [2.45, 2.75) is 13.0 Å². The van der Waals surface area contributed by atoms with E-state index in [0.717, 1.165) is 64.7 Å². The number of cyclic esters (lactones) is 2. The van der Waals surface area contributed by atoms with Crippen molar-refractivity contribution in [3.05, 3.63) is 71.5 Å². The first kappa shape index (κ1) is 22.1. The summed E-state index contributed by atoms with van der Waals surface area (Å²) in [6, 6.07) is 16.2. The van der Waals surface area contributed by atoms with E-state index in [1.54, 1.807) is 0 Å². The lowest BCUT2D eigenvalue weighted by Gasteiger charge is -2.28. The Bertz CT molecular complexity index is 1580. The van der Waals surface area contributed by atoms with Crippen LogP contribution in [0.1, 0.15) is 16.8 Å². The van der Waals surface area contributed by atoms with E-state index >= 15 is 0 Å². The number of halogens is 1. The molecule has 4 aromatic rings. The van der Waals surface area contributed by atoms with Crippen LogP contribution in [-0.4, -0.2) is 46.1 Å². The Hall–Kier alpha value is -3.35. The number of carbonyl (C=O) groups is 2. The van der Waals surface area contributed by atoms with E-state index in [4.69, 9.17) is 4.74 Å². The van der Waals surface area contributed by atoms with E-state index in [1.165, 1.54) is 0 Å². The topological polar surface area (TPSA) is 56.5 Å². The number of fused-ring (bicyclic) bond motifs is 5. The molecular weight excluding hydrogens is 462 g/mol. The van der Waals surface area contributed by atoms with Crippen LogP contribution < -0.4 is 0 Å². The summed E-state index contributed by atoms with van der Waals surface area (Å²) in [4.78, 5) is 28.8. The maximum absolute atomic E-state index is 13.3. The Morgan fingerprint density at radius 2 is 1.46 bits per heavy atom. The minimum Gasteiger partial charge on any atom is -0.386 e. The van der Waals surface area contributed by atoms with Gasteiger partial charge in [0.15, 0.2) is 0 Å². The maximum atomic E-state index is 13.3. The summed E-state index contributed by atoms with van der Waals surface area (Å²) in [5.74, 6) is 0.0487. The molecule has 6 nitrogen and oxygen atoms in total. The molecule has 2 atom stereocenters. The lowest BCUT2D eigenvalue weighted by molar-refractivity contribution is -0.149. The lowest BCUT2D eigenvalue weighted by atomic mass is 9.85. The molecule has 7 rings (SSSR count). The van der Waals surface area contributed by atoms with Gasteiger partial charge in [0.2, 0.25) is 0 Å². The number of hydrogen-bond acceptors (Lipinski definition) is 4. The van der Waals surface area contributed by atoms with Crippen molar-refractivity contribution in [2.75, 3.05) is 20.1 Å². The molecule has 0 unspecified atom stereocenters. The van der Waals surface area contributed by atoms with Crippen molar-refractivity contribution in [3.63, 3.8) is 0 Å². The molecule has 0 radical (unpaired) electrons. The second-order valence-corrected chi connectivity index (χ2v) is 9.99. The number of hydrogen-bond donors (Lipinski definition) is 0. The van der Waals surface area contributed by atoms with Gasteiger partial charge in [-0.25, -0.2) is 9.59 Å². The van der Waals surface area contributed by atoms with E-state index in [9.17, 15) is 9.59 Å². The first-order chi connectivity index (χ1) is 16.5. The van der Waals surface area contributed by atoms with Crippen molar-refractivity contribution in [1.29, 1.82) is 0 Å². The highest BCUT2D eigenvalue weighted by Gasteiger charge is 2.42. The number of carbonyl (C=O) groups excluding carboxylic acids is 2. The number of nitrogens with zero attached hydrogens (tertiary/aromatic N) is 3. The average molecular weight is 488 g/mol. The molecule has 5 heterocycles. The zero-order valence-corrected chi connectivity index (χ0v) is 20.5. The van der Waals surface area contributed by atoms with Gasteiger partial charge in [-0.15, -0.1) is 12.4 Å². The molecular formula is C28H26ClN3O3. The van der Waals surface area contributed by atoms with Crippen LogP contribution in [-0.2, 0) is 34.3 Å². The van der Waals surface area contributed by atoms with Crippen LogP contribution in [0.5, 0.6) is 0 Å². The average Bonchev–Trinajstić information content (AvgIpc) is 3.53. The molecule has 3 aliphatic rings. The Morgan fingerprint density at radius 3 is 2.26 bits per heavy atom. The van der Waals surface area contributed by atoms with Gasteiger partial charge in [-0.1, -0.05) is 36.4 Å². The van der Waals surface area contributed by atoms with Crippen molar-refractivity contribution < 1.29 is 14.3 Å². The molecule has 0 bridgehead atoms. The van der Waals surface area contributed by atoms with E-state index < -0.39 is 11.9 Å². The number of esters is 2. The number of benzene rings is 2. The van der Waals surface area contributed by atoms with Crippen molar-refractivity contribution in [3.8, 4) is 0 Å². The van der Waals surface area contributed by atoms with Crippen LogP contribution in [0, 0.1) is 11.8 Å². The molecule has 0 spiro atoms. The number of likely N-dealkylation sites (tertiary alicyclic amines) is 1. The third-order valence-corrected chi connectivity index (χ3v) is 7.97. The van der Waals surface area contributed by atoms with Gasteiger partial charge in [-0.2, -0.15) is 0 Å². The van der Waals surface area contributed by atoms with Crippen molar-refractivity contribution in [2.24, 2.45) is 18.9 Å². The fraction of sp³-hybridized carbons (Fsp3) is 0.286. The molecule has 35 heavy (non-hydrogen) atoms. The SMILES string of the molecule is CN1C[C@H]2Cc3c(C4=C(c5cn(C)c6ccccc56)C(=O)OC4=O)c4ccccc4n3C[C@@H]2C1.Cl.